The summed E-state index contributed by atoms with van der Waals surface area (Å²) in [7, 11) is 1.66. The Morgan fingerprint density at radius 1 is 1.44 bits per heavy atom. The number of nitrogens with one attached hydrogen (secondary N) is 1. The van der Waals surface area contributed by atoms with Crippen LogP contribution in [0.3, 0.4) is 0 Å². The number of carbonyl (C=O) groups excluding carboxylic acids is 1. The van der Waals surface area contributed by atoms with Crippen LogP contribution in [0.4, 0.5) is 0 Å². The second-order valence-electron chi connectivity index (χ2n) is 5.02. The third kappa shape index (κ3) is 3.67. The standard InChI is InChI=1S/C14H21NO2S/c1-10-5-6-12(17-4)11(7-10)14(2,3)9-15-13(16)8-18/h5-7,18H,8-9H2,1-4H3,(H,15,16). The Kier molecular flexibility index (Phi) is 5.08. The van der Waals surface area contributed by atoms with Gasteiger partial charge in [-0.05, 0) is 13.0 Å². The lowest BCUT2D eigenvalue weighted by atomic mass is 9.83. The number of ether oxygens (including phenoxy) is 1. The largest absolute Gasteiger partial charge is 0.496 e. The smallest absolute Gasteiger partial charge is 0.229 e. The maximum Gasteiger partial charge on any atom is 0.229 e. The zero-order valence-electron chi connectivity index (χ0n) is 11.4. The molecule has 0 heterocycles. The summed E-state index contributed by atoms with van der Waals surface area (Å²) in [6.07, 6.45) is 0. The van der Waals surface area contributed by atoms with Crippen LogP contribution in [-0.4, -0.2) is 25.3 Å². The third-order valence-electron chi connectivity index (χ3n) is 2.96. The Bertz CT molecular complexity index is 430. The van der Waals surface area contributed by atoms with Crippen molar-refractivity contribution in [2.24, 2.45) is 0 Å². The summed E-state index contributed by atoms with van der Waals surface area (Å²) in [4.78, 5) is 11.3. The van der Waals surface area contributed by atoms with Gasteiger partial charge in [-0.15, -0.1) is 0 Å². The number of carbonyl (C=O) groups is 1. The number of thiol groups is 1. The van der Waals surface area contributed by atoms with E-state index in [-0.39, 0.29) is 17.1 Å². The van der Waals surface area contributed by atoms with E-state index in [4.69, 9.17) is 4.74 Å². The van der Waals surface area contributed by atoms with E-state index in [1.807, 2.05) is 19.1 Å². The van der Waals surface area contributed by atoms with E-state index in [0.717, 1.165) is 11.3 Å². The van der Waals surface area contributed by atoms with Crippen molar-refractivity contribution in [1.82, 2.24) is 5.32 Å². The van der Waals surface area contributed by atoms with E-state index >= 15 is 0 Å². The molecule has 0 saturated carbocycles. The number of aryl methyl sites for hydroxylation is 1. The van der Waals surface area contributed by atoms with E-state index in [2.05, 4.69) is 37.9 Å². The number of hydrogen-bond acceptors (Lipinski definition) is 3. The van der Waals surface area contributed by atoms with Crippen molar-refractivity contribution in [3.63, 3.8) is 0 Å². The molecule has 0 unspecified atom stereocenters. The molecule has 0 radical (unpaired) electrons. The zero-order chi connectivity index (χ0) is 13.8. The predicted octanol–water partition coefficient (Wildman–Crippen LogP) is 2.33. The molecular weight excluding hydrogens is 246 g/mol. The molecule has 0 aromatic heterocycles. The first kappa shape index (κ1) is 14.9. The number of rotatable bonds is 5. The monoisotopic (exact) mass is 267 g/mol. The van der Waals surface area contributed by atoms with Gasteiger partial charge in [0.15, 0.2) is 0 Å². The van der Waals surface area contributed by atoms with Crippen molar-refractivity contribution in [3.05, 3.63) is 29.3 Å². The fourth-order valence-corrected chi connectivity index (χ4v) is 1.93. The first-order valence-corrected chi connectivity index (χ1v) is 6.56. The van der Waals surface area contributed by atoms with Crippen molar-refractivity contribution in [1.29, 1.82) is 0 Å². The molecule has 0 fully saturated rings. The summed E-state index contributed by atoms with van der Waals surface area (Å²) in [5.41, 5.74) is 2.10. The molecule has 1 amide bonds. The maximum absolute atomic E-state index is 11.3. The van der Waals surface area contributed by atoms with Gasteiger partial charge in [-0.1, -0.05) is 31.5 Å². The van der Waals surface area contributed by atoms with Gasteiger partial charge in [-0.3, -0.25) is 4.79 Å². The molecule has 4 heteroatoms. The molecule has 3 nitrogen and oxygen atoms in total. The van der Waals surface area contributed by atoms with Gasteiger partial charge in [0, 0.05) is 17.5 Å². The highest BCUT2D eigenvalue weighted by molar-refractivity contribution is 7.81. The Balaban J connectivity index is 2.95. The van der Waals surface area contributed by atoms with Crippen molar-refractivity contribution >= 4 is 18.5 Å². The molecule has 0 bridgehead atoms. The topological polar surface area (TPSA) is 38.3 Å². The van der Waals surface area contributed by atoms with E-state index in [1.54, 1.807) is 7.11 Å². The Hall–Kier alpha value is -1.16. The van der Waals surface area contributed by atoms with E-state index in [0.29, 0.717) is 6.54 Å². The van der Waals surface area contributed by atoms with Gasteiger partial charge in [0.05, 0.1) is 12.9 Å². The fourth-order valence-electron chi connectivity index (χ4n) is 1.82. The SMILES string of the molecule is COc1ccc(C)cc1C(C)(C)CNC(=O)CS. The summed E-state index contributed by atoms with van der Waals surface area (Å²) < 4.78 is 5.39. The van der Waals surface area contributed by atoms with E-state index in [9.17, 15) is 4.79 Å². The fraction of sp³-hybridized carbons (Fsp3) is 0.500. The summed E-state index contributed by atoms with van der Waals surface area (Å²) in [5.74, 6) is 1.00. The van der Waals surface area contributed by atoms with Gasteiger partial charge in [-0.25, -0.2) is 0 Å². The highest BCUT2D eigenvalue weighted by Crippen LogP contribution is 2.31. The first-order valence-electron chi connectivity index (χ1n) is 5.93. The molecule has 1 aromatic carbocycles. The average molecular weight is 267 g/mol. The molecule has 0 aliphatic carbocycles. The zero-order valence-corrected chi connectivity index (χ0v) is 12.3. The minimum absolute atomic E-state index is 0.0574. The highest BCUT2D eigenvalue weighted by Gasteiger charge is 2.25. The molecule has 0 atom stereocenters. The average Bonchev–Trinajstić information content (AvgIpc) is 2.36. The van der Waals surface area contributed by atoms with Crippen molar-refractivity contribution in [3.8, 4) is 5.75 Å². The molecule has 0 aliphatic heterocycles. The summed E-state index contributed by atoms with van der Waals surface area (Å²) in [6, 6.07) is 6.09. The van der Waals surface area contributed by atoms with Crippen LogP contribution in [0.5, 0.6) is 5.75 Å². The van der Waals surface area contributed by atoms with E-state index < -0.39 is 0 Å². The lowest BCUT2D eigenvalue weighted by Gasteiger charge is -2.27. The van der Waals surface area contributed by atoms with Crippen LogP contribution in [0.15, 0.2) is 18.2 Å². The van der Waals surface area contributed by atoms with Crippen molar-refractivity contribution in [2.75, 3.05) is 19.4 Å². The van der Waals surface area contributed by atoms with E-state index in [1.165, 1.54) is 5.56 Å². The first-order chi connectivity index (χ1) is 8.40. The predicted molar refractivity (Wildman–Crippen MR) is 77.6 cm³/mol. The van der Waals surface area contributed by atoms with Gasteiger partial charge >= 0.3 is 0 Å². The molecule has 100 valence electrons. The number of amides is 1. The van der Waals surface area contributed by atoms with Crippen LogP contribution in [0.1, 0.15) is 25.0 Å². The summed E-state index contributed by atoms with van der Waals surface area (Å²) >= 11 is 3.95. The lowest BCUT2D eigenvalue weighted by Crippen LogP contribution is -2.37. The maximum atomic E-state index is 11.3. The Morgan fingerprint density at radius 2 is 2.11 bits per heavy atom. The molecular formula is C14H21NO2S. The molecule has 1 rings (SSSR count). The summed E-state index contributed by atoms with van der Waals surface area (Å²) in [5, 5.41) is 2.87. The lowest BCUT2D eigenvalue weighted by molar-refractivity contribution is -0.118. The van der Waals surface area contributed by atoms with Crippen LogP contribution in [0.25, 0.3) is 0 Å². The Labute approximate surface area is 114 Å². The van der Waals surface area contributed by atoms with Gasteiger partial charge in [0.25, 0.3) is 0 Å². The number of hydrogen-bond donors (Lipinski definition) is 2. The molecule has 18 heavy (non-hydrogen) atoms. The van der Waals surface area contributed by atoms with Crippen LogP contribution in [0.2, 0.25) is 0 Å². The highest BCUT2D eigenvalue weighted by atomic mass is 32.1. The normalized spacial score (nSPS) is 11.2. The van der Waals surface area contributed by atoms with Crippen molar-refractivity contribution < 1.29 is 9.53 Å². The van der Waals surface area contributed by atoms with Crippen LogP contribution >= 0.6 is 12.6 Å². The summed E-state index contributed by atoms with van der Waals surface area (Å²) in [6.45, 7) is 6.78. The van der Waals surface area contributed by atoms with Gasteiger partial charge in [0.2, 0.25) is 5.91 Å². The van der Waals surface area contributed by atoms with Gasteiger partial charge in [0.1, 0.15) is 5.75 Å². The number of benzene rings is 1. The van der Waals surface area contributed by atoms with Crippen molar-refractivity contribution in [2.45, 2.75) is 26.2 Å². The molecule has 0 aliphatic rings. The van der Waals surface area contributed by atoms with Gasteiger partial charge < -0.3 is 10.1 Å². The second kappa shape index (κ2) is 6.14. The second-order valence-corrected chi connectivity index (χ2v) is 5.34. The minimum Gasteiger partial charge on any atom is -0.496 e. The minimum atomic E-state index is -0.185. The van der Waals surface area contributed by atoms with Crippen LogP contribution in [-0.2, 0) is 10.2 Å². The third-order valence-corrected chi connectivity index (χ3v) is 3.24. The molecule has 1 aromatic rings. The molecule has 1 N–H and O–H groups in total. The van der Waals surface area contributed by atoms with Crippen LogP contribution < -0.4 is 10.1 Å². The molecule has 0 saturated heterocycles. The van der Waals surface area contributed by atoms with Gasteiger partial charge in [-0.2, -0.15) is 12.6 Å². The Morgan fingerprint density at radius 3 is 2.67 bits per heavy atom. The van der Waals surface area contributed by atoms with Crippen LogP contribution in [0, 0.1) is 6.92 Å². The molecule has 0 spiro atoms. The number of methoxy groups -OCH3 is 1. The quantitative estimate of drug-likeness (QED) is 0.804.